The van der Waals surface area contributed by atoms with E-state index in [2.05, 4.69) is 5.32 Å². The van der Waals surface area contributed by atoms with Crippen molar-refractivity contribution in [1.29, 1.82) is 0 Å². The third-order valence-corrected chi connectivity index (χ3v) is 8.45. The fourth-order valence-corrected chi connectivity index (χ4v) is 5.87. The first kappa shape index (κ1) is 29.5. The maximum Gasteiger partial charge on any atom is 0.407 e. The largest absolute Gasteiger partial charge is 0.497 e. The lowest BCUT2D eigenvalue weighted by Crippen LogP contribution is -2.51. The highest BCUT2D eigenvalue weighted by Crippen LogP contribution is 2.27. The van der Waals surface area contributed by atoms with E-state index in [9.17, 15) is 18.3 Å². The Labute approximate surface area is 235 Å². The molecular formula is C30H36N2O7S. The van der Waals surface area contributed by atoms with Crippen molar-refractivity contribution in [1.82, 2.24) is 9.79 Å². The van der Waals surface area contributed by atoms with Gasteiger partial charge in [0.25, 0.3) is 10.0 Å². The van der Waals surface area contributed by atoms with Crippen LogP contribution in [0.2, 0.25) is 0 Å². The summed E-state index contributed by atoms with van der Waals surface area (Å²) in [5.74, 6) is 0.517. The zero-order valence-electron chi connectivity index (χ0n) is 22.5. The summed E-state index contributed by atoms with van der Waals surface area (Å²) in [5, 5.41) is 14.1. The van der Waals surface area contributed by atoms with E-state index < -0.39 is 28.3 Å². The van der Waals surface area contributed by atoms with Gasteiger partial charge in [-0.05, 0) is 54.7 Å². The summed E-state index contributed by atoms with van der Waals surface area (Å²) in [6.07, 6.45) is 1.28. The zero-order valence-corrected chi connectivity index (χ0v) is 23.3. The normalized spacial score (nSPS) is 15.5. The van der Waals surface area contributed by atoms with Gasteiger partial charge in [0, 0.05) is 0 Å². The minimum absolute atomic E-state index is 0.00772. The molecule has 1 aliphatic rings. The number of aliphatic hydroxyl groups excluding tert-OH is 1. The second-order valence-electron chi connectivity index (χ2n) is 9.75. The first-order chi connectivity index (χ1) is 19.3. The molecule has 0 spiro atoms. The Balaban J connectivity index is 1.53. The van der Waals surface area contributed by atoms with Crippen LogP contribution in [0, 0.1) is 0 Å². The predicted molar refractivity (Wildman–Crippen MR) is 150 cm³/mol. The van der Waals surface area contributed by atoms with Crippen LogP contribution in [-0.2, 0) is 32.6 Å². The van der Waals surface area contributed by atoms with Crippen molar-refractivity contribution in [2.75, 3.05) is 13.7 Å². The molecule has 1 fully saturated rings. The van der Waals surface area contributed by atoms with Gasteiger partial charge >= 0.3 is 6.09 Å². The molecule has 1 saturated carbocycles. The Kier molecular flexibility index (Phi) is 10.5. The van der Waals surface area contributed by atoms with E-state index in [1.54, 1.807) is 12.1 Å². The van der Waals surface area contributed by atoms with Gasteiger partial charge in [-0.2, -0.15) is 0 Å². The number of amides is 1. The summed E-state index contributed by atoms with van der Waals surface area (Å²) in [6.45, 7) is -0.328. The first-order valence-electron chi connectivity index (χ1n) is 13.4. The number of hydrogen-bond donors (Lipinski definition) is 2. The minimum atomic E-state index is -4.14. The fraction of sp³-hybridized carbons (Fsp3) is 0.367. The van der Waals surface area contributed by atoms with Crippen molar-refractivity contribution in [2.45, 2.75) is 61.9 Å². The van der Waals surface area contributed by atoms with E-state index in [-0.39, 0.29) is 30.6 Å². The topological polar surface area (TPSA) is 114 Å². The molecule has 0 heterocycles. The van der Waals surface area contributed by atoms with Gasteiger partial charge in [0.05, 0.1) is 36.8 Å². The van der Waals surface area contributed by atoms with Crippen LogP contribution in [0.15, 0.2) is 89.8 Å². The van der Waals surface area contributed by atoms with Gasteiger partial charge in [0.15, 0.2) is 0 Å². The highest BCUT2D eigenvalue weighted by molar-refractivity contribution is 7.89. The molecule has 0 saturated heterocycles. The van der Waals surface area contributed by atoms with Crippen LogP contribution in [0.5, 0.6) is 5.75 Å². The molecule has 2 atom stereocenters. The van der Waals surface area contributed by atoms with Crippen molar-refractivity contribution in [3.63, 3.8) is 0 Å². The van der Waals surface area contributed by atoms with Gasteiger partial charge in [-0.1, -0.05) is 78.0 Å². The van der Waals surface area contributed by atoms with E-state index in [1.807, 2.05) is 60.7 Å². The second-order valence-corrected chi connectivity index (χ2v) is 11.6. The first-order valence-corrected chi connectivity index (χ1v) is 14.8. The number of sulfonamides is 1. The van der Waals surface area contributed by atoms with Gasteiger partial charge in [-0.25, -0.2) is 13.2 Å². The standard InChI is InChI=1S/C30H36N2O7S/c1-37-25-16-18-27(19-17-25)40(35,36)32(39-26-14-8-9-15-26)21-29(33)28(20-23-10-4-2-5-11-23)31-30(34)38-22-24-12-6-3-7-13-24/h2-7,10-13,16-19,26,28-29,33H,8-9,14-15,20-22H2,1H3,(H,31,34)/t28-,29-/m0/s1. The average molecular weight is 569 g/mol. The van der Waals surface area contributed by atoms with Gasteiger partial charge in [-0.15, -0.1) is 0 Å². The van der Waals surface area contributed by atoms with Crippen LogP contribution in [0.3, 0.4) is 0 Å². The molecule has 40 heavy (non-hydrogen) atoms. The molecule has 10 heteroatoms. The third-order valence-electron chi connectivity index (χ3n) is 6.81. The molecule has 4 rings (SSSR count). The zero-order chi connectivity index (χ0) is 28.4. The Morgan fingerprint density at radius 2 is 1.55 bits per heavy atom. The van der Waals surface area contributed by atoms with E-state index in [4.69, 9.17) is 14.3 Å². The number of rotatable bonds is 13. The third kappa shape index (κ3) is 8.28. The monoisotopic (exact) mass is 568 g/mol. The van der Waals surface area contributed by atoms with E-state index in [0.717, 1.165) is 41.3 Å². The highest BCUT2D eigenvalue weighted by atomic mass is 32.2. The van der Waals surface area contributed by atoms with Crippen molar-refractivity contribution in [2.24, 2.45) is 0 Å². The number of methoxy groups -OCH3 is 1. The number of carbonyl (C=O) groups is 1. The Morgan fingerprint density at radius 3 is 2.15 bits per heavy atom. The Hall–Kier alpha value is -3.44. The number of carbonyl (C=O) groups excluding carboxylic acids is 1. The van der Waals surface area contributed by atoms with Crippen LogP contribution in [-0.4, -0.2) is 56.0 Å². The molecule has 2 N–H and O–H groups in total. The lowest BCUT2D eigenvalue weighted by molar-refractivity contribution is -0.145. The molecule has 214 valence electrons. The summed E-state index contributed by atoms with van der Waals surface area (Å²) >= 11 is 0. The lowest BCUT2D eigenvalue weighted by Gasteiger charge is -2.30. The minimum Gasteiger partial charge on any atom is -0.497 e. The lowest BCUT2D eigenvalue weighted by atomic mass is 10.0. The molecule has 1 aliphatic carbocycles. The van der Waals surface area contributed by atoms with Gasteiger partial charge in [-0.3, -0.25) is 4.84 Å². The molecule has 0 unspecified atom stereocenters. The van der Waals surface area contributed by atoms with Crippen molar-refractivity contribution < 1.29 is 32.6 Å². The van der Waals surface area contributed by atoms with E-state index >= 15 is 0 Å². The van der Waals surface area contributed by atoms with Crippen LogP contribution >= 0.6 is 0 Å². The number of alkyl carbamates (subject to hydrolysis) is 1. The van der Waals surface area contributed by atoms with Crippen LogP contribution in [0.1, 0.15) is 36.8 Å². The van der Waals surface area contributed by atoms with Gasteiger partial charge in [0.2, 0.25) is 0 Å². The maximum absolute atomic E-state index is 13.7. The summed E-state index contributed by atoms with van der Waals surface area (Å²) in [4.78, 5) is 18.7. The summed E-state index contributed by atoms with van der Waals surface area (Å²) < 4.78 is 38.7. The summed E-state index contributed by atoms with van der Waals surface area (Å²) in [5.41, 5.74) is 1.68. The Bertz CT molecular complexity index is 1300. The predicted octanol–water partition coefficient (Wildman–Crippen LogP) is 4.46. The quantitative estimate of drug-likeness (QED) is 0.293. The van der Waals surface area contributed by atoms with Gasteiger partial charge in [0.1, 0.15) is 12.4 Å². The molecular weight excluding hydrogens is 532 g/mol. The average Bonchev–Trinajstić information content (AvgIpc) is 3.50. The van der Waals surface area contributed by atoms with E-state index in [1.165, 1.54) is 19.2 Å². The number of aliphatic hydroxyl groups is 1. The summed E-state index contributed by atoms with van der Waals surface area (Å²) in [6, 6.07) is 23.7. The number of benzene rings is 3. The molecule has 0 aliphatic heterocycles. The number of nitrogens with zero attached hydrogens (tertiary/aromatic N) is 1. The fourth-order valence-electron chi connectivity index (χ4n) is 4.57. The summed E-state index contributed by atoms with van der Waals surface area (Å²) in [7, 11) is -2.64. The molecule has 0 radical (unpaired) electrons. The van der Waals surface area contributed by atoms with Crippen LogP contribution in [0.25, 0.3) is 0 Å². The van der Waals surface area contributed by atoms with Crippen molar-refractivity contribution >= 4 is 16.1 Å². The molecule has 1 amide bonds. The number of hydroxylamine groups is 1. The van der Waals surface area contributed by atoms with Gasteiger partial charge < -0.3 is 19.9 Å². The molecule has 9 nitrogen and oxygen atoms in total. The van der Waals surface area contributed by atoms with E-state index in [0.29, 0.717) is 5.75 Å². The molecule has 0 aromatic heterocycles. The SMILES string of the molecule is COc1ccc(S(=O)(=O)N(C[C@H](O)[C@H](Cc2ccccc2)NC(=O)OCc2ccccc2)OC2CCCC2)cc1. The second kappa shape index (κ2) is 14.3. The van der Waals surface area contributed by atoms with Crippen LogP contribution in [0.4, 0.5) is 4.79 Å². The highest BCUT2D eigenvalue weighted by Gasteiger charge is 2.34. The number of nitrogens with one attached hydrogen (secondary N) is 1. The Morgan fingerprint density at radius 1 is 0.950 bits per heavy atom. The van der Waals surface area contributed by atoms with Crippen molar-refractivity contribution in [3.05, 3.63) is 96.1 Å². The molecule has 3 aromatic rings. The van der Waals surface area contributed by atoms with Crippen LogP contribution < -0.4 is 10.1 Å². The smallest absolute Gasteiger partial charge is 0.407 e. The molecule has 3 aromatic carbocycles. The maximum atomic E-state index is 13.7. The number of hydrogen-bond acceptors (Lipinski definition) is 7. The molecule has 0 bridgehead atoms. The number of ether oxygens (including phenoxy) is 2. The van der Waals surface area contributed by atoms with Crippen molar-refractivity contribution in [3.8, 4) is 5.75 Å².